The number of benzene rings is 2. The summed E-state index contributed by atoms with van der Waals surface area (Å²) in [6.07, 6.45) is 3.16. The number of hydrogen-bond donors (Lipinski definition) is 1. The van der Waals surface area contributed by atoms with Crippen LogP contribution in [0.25, 0.3) is 5.65 Å². The van der Waals surface area contributed by atoms with E-state index in [2.05, 4.69) is 15.3 Å². The topological polar surface area (TPSA) is 58.8 Å². The van der Waals surface area contributed by atoms with Gasteiger partial charge < -0.3 is 5.32 Å². The minimum absolute atomic E-state index is 0.235. The minimum atomic E-state index is -0.235. The van der Waals surface area contributed by atoms with Gasteiger partial charge in [0.2, 0.25) is 0 Å². The molecule has 28 heavy (non-hydrogen) atoms. The van der Waals surface area contributed by atoms with Crippen molar-refractivity contribution < 1.29 is 0 Å². The quantitative estimate of drug-likeness (QED) is 0.453. The fraction of sp³-hybridized carbons (Fsp3) is 0. The van der Waals surface area contributed by atoms with Gasteiger partial charge in [0.1, 0.15) is 17.0 Å². The van der Waals surface area contributed by atoms with Crippen molar-refractivity contribution in [2.45, 2.75) is 0 Å². The lowest BCUT2D eigenvalue weighted by molar-refractivity contribution is 1.04. The van der Waals surface area contributed by atoms with E-state index in [1.807, 2.05) is 18.2 Å². The van der Waals surface area contributed by atoms with Crippen LogP contribution in [-0.2, 0) is 0 Å². The van der Waals surface area contributed by atoms with Crippen LogP contribution in [0.4, 0.5) is 17.2 Å². The van der Waals surface area contributed by atoms with Crippen LogP contribution < -0.4 is 10.9 Å². The van der Waals surface area contributed by atoms with Crippen LogP contribution in [-0.4, -0.2) is 15.6 Å². The van der Waals surface area contributed by atoms with Gasteiger partial charge in [-0.1, -0.05) is 41.4 Å². The molecule has 2 heterocycles. The molecule has 0 aliphatic rings. The van der Waals surface area contributed by atoms with Gasteiger partial charge in [-0.25, -0.2) is 4.98 Å². The molecule has 0 saturated heterocycles. The monoisotopic (exact) mass is 408 g/mol. The standard InChI is InChI=1S/C21H14Cl2N4O/c22-14-5-3-7-16(11-14)24-13-18-20(25-17-8-4-6-15(23)12-17)26-19-9-1-2-10-27(19)21(18)28/h1-13,25H/b24-13+. The summed E-state index contributed by atoms with van der Waals surface area (Å²) in [6, 6.07) is 19.6. The van der Waals surface area contributed by atoms with Crippen LogP contribution in [0.5, 0.6) is 0 Å². The highest BCUT2D eigenvalue weighted by Gasteiger charge is 2.12. The van der Waals surface area contributed by atoms with Crippen LogP contribution in [0, 0.1) is 0 Å². The number of nitrogens with zero attached hydrogens (tertiary/aromatic N) is 3. The summed E-state index contributed by atoms with van der Waals surface area (Å²) in [7, 11) is 0. The third kappa shape index (κ3) is 3.91. The number of halogens is 2. The van der Waals surface area contributed by atoms with Crippen molar-refractivity contribution in [2.24, 2.45) is 4.99 Å². The van der Waals surface area contributed by atoms with Gasteiger partial charge in [0, 0.05) is 28.1 Å². The van der Waals surface area contributed by atoms with E-state index in [0.29, 0.717) is 32.8 Å². The smallest absolute Gasteiger partial charge is 0.268 e. The third-order valence-corrected chi connectivity index (χ3v) is 4.48. The summed E-state index contributed by atoms with van der Waals surface area (Å²) < 4.78 is 1.47. The zero-order valence-electron chi connectivity index (χ0n) is 14.5. The van der Waals surface area contributed by atoms with Crippen molar-refractivity contribution in [3.8, 4) is 0 Å². The van der Waals surface area contributed by atoms with E-state index < -0.39 is 0 Å². The van der Waals surface area contributed by atoms with Crippen molar-refractivity contribution in [1.29, 1.82) is 0 Å². The number of anilines is 2. The number of aromatic nitrogens is 2. The Labute approximate surface area is 170 Å². The average molecular weight is 409 g/mol. The molecule has 0 aliphatic heterocycles. The zero-order valence-corrected chi connectivity index (χ0v) is 16.0. The number of pyridine rings is 1. The first-order chi connectivity index (χ1) is 13.6. The molecule has 0 saturated carbocycles. The fourth-order valence-electron chi connectivity index (χ4n) is 2.71. The zero-order chi connectivity index (χ0) is 19.5. The minimum Gasteiger partial charge on any atom is -0.339 e. The van der Waals surface area contributed by atoms with E-state index in [4.69, 9.17) is 23.2 Å². The van der Waals surface area contributed by atoms with Gasteiger partial charge in [-0.3, -0.25) is 14.2 Å². The molecule has 138 valence electrons. The number of rotatable bonds is 4. The predicted octanol–water partition coefficient (Wildman–Crippen LogP) is 5.50. The van der Waals surface area contributed by atoms with Gasteiger partial charge >= 0.3 is 0 Å². The molecule has 7 heteroatoms. The van der Waals surface area contributed by atoms with E-state index in [1.165, 1.54) is 10.6 Å². The van der Waals surface area contributed by atoms with Crippen LogP contribution in [0.1, 0.15) is 5.56 Å². The van der Waals surface area contributed by atoms with Gasteiger partial charge in [0.15, 0.2) is 0 Å². The van der Waals surface area contributed by atoms with Crippen LogP contribution in [0.3, 0.4) is 0 Å². The first-order valence-corrected chi connectivity index (χ1v) is 9.19. The van der Waals surface area contributed by atoms with E-state index in [1.54, 1.807) is 54.7 Å². The second kappa shape index (κ2) is 7.84. The molecule has 2 aromatic carbocycles. The Balaban J connectivity index is 1.84. The van der Waals surface area contributed by atoms with Crippen LogP contribution >= 0.6 is 23.2 Å². The number of hydrogen-bond acceptors (Lipinski definition) is 4. The summed E-state index contributed by atoms with van der Waals surface area (Å²) in [5, 5.41) is 4.32. The fourth-order valence-corrected chi connectivity index (χ4v) is 3.09. The van der Waals surface area contributed by atoms with Gasteiger partial charge in [0.05, 0.1) is 5.69 Å². The molecule has 0 unspecified atom stereocenters. The van der Waals surface area contributed by atoms with Crippen molar-refractivity contribution in [2.75, 3.05) is 5.32 Å². The second-order valence-corrected chi connectivity index (χ2v) is 6.85. The van der Waals surface area contributed by atoms with E-state index >= 15 is 0 Å². The molecule has 0 fully saturated rings. The highest BCUT2D eigenvalue weighted by atomic mass is 35.5. The average Bonchev–Trinajstić information content (AvgIpc) is 2.68. The third-order valence-electron chi connectivity index (χ3n) is 4.01. The number of aliphatic imine (C=N–C) groups is 1. The van der Waals surface area contributed by atoms with Crippen molar-refractivity contribution in [3.63, 3.8) is 0 Å². The van der Waals surface area contributed by atoms with Crippen LogP contribution in [0.2, 0.25) is 10.0 Å². The van der Waals surface area contributed by atoms with E-state index in [-0.39, 0.29) is 5.56 Å². The second-order valence-electron chi connectivity index (χ2n) is 5.98. The number of nitrogens with one attached hydrogen (secondary N) is 1. The first kappa shape index (κ1) is 18.2. The molecule has 5 nitrogen and oxygen atoms in total. The molecule has 1 N–H and O–H groups in total. The SMILES string of the molecule is O=c1c(/C=N/c2cccc(Cl)c2)c(Nc2cccc(Cl)c2)nc2ccccn12. The summed E-state index contributed by atoms with van der Waals surface area (Å²) in [6.45, 7) is 0. The van der Waals surface area contributed by atoms with Gasteiger partial charge in [-0.15, -0.1) is 0 Å². The highest BCUT2D eigenvalue weighted by molar-refractivity contribution is 6.31. The van der Waals surface area contributed by atoms with Gasteiger partial charge in [-0.2, -0.15) is 0 Å². The maximum absolute atomic E-state index is 13.0. The maximum Gasteiger partial charge on any atom is 0.268 e. The molecule has 4 rings (SSSR count). The molecule has 0 radical (unpaired) electrons. The molecule has 4 aromatic rings. The Morgan fingerprint density at radius 3 is 2.54 bits per heavy atom. The summed E-state index contributed by atoms with van der Waals surface area (Å²) in [4.78, 5) is 22.0. The molecular formula is C21H14Cl2N4O. The van der Waals surface area contributed by atoms with Crippen LogP contribution in [0.15, 0.2) is 82.7 Å². The predicted molar refractivity (Wildman–Crippen MR) is 115 cm³/mol. The largest absolute Gasteiger partial charge is 0.339 e. The first-order valence-electron chi connectivity index (χ1n) is 8.44. The Hall–Kier alpha value is -3.15. The van der Waals surface area contributed by atoms with Crippen molar-refractivity contribution in [1.82, 2.24) is 9.38 Å². The lowest BCUT2D eigenvalue weighted by Crippen LogP contribution is -2.21. The Morgan fingerprint density at radius 1 is 0.964 bits per heavy atom. The maximum atomic E-state index is 13.0. The van der Waals surface area contributed by atoms with Gasteiger partial charge in [0.25, 0.3) is 5.56 Å². The summed E-state index contributed by atoms with van der Waals surface area (Å²) in [5.41, 5.74) is 1.97. The Morgan fingerprint density at radius 2 is 1.75 bits per heavy atom. The Kier molecular flexibility index (Phi) is 5.10. The summed E-state index contributed by atoms with van der Waals surface area (Å²) >= 11 is 12.1. The highest BCUT2D eigenvalue weighted by Crippen LogP contribution is 2.22. The van der Waals surface area contributed by atoms with E-state index in [9.17, 15) is 4.79 Å². The lowest BCUT2D eigenvalue weighted by Gasteiger charge is -2.10. The molecule has 0 atom stereocenters. The number of fused-ring (bicyclic) bond motifs is 1. The van der Waals surface area contributed by atoms with E-state index in [0.717, 1.165) is 5.69 Å². The normalized spacial score (nSPS) is 11.2. The molecule has 2 aromatic heterocycles. The molecular weight excluding hydrogens is 395 g/mol. The molecule has 0 aliphatic carbocycles. The van der Waals surface area contributed by atoms with Gasteiger partial charge in [-0.05, 0) is 48.5 Å². The lowest BCUT2D eigenvalue weighted by atomic mass is 10.2. The molecule has 0 spiro atoms. The summed E-state index contributed by atoms with van der Waals surface area (Å²) in [5.74, 6) is 0.393. The van der Waals surface area contributed by atoms with Crippen molar-refractivity contribution >= 4 is 52.3 Å². The van der Waals surface area contributed by atoms with Crippen molar-refractivity contribution in [3.05, 3.63) is 98.9 Å². The molecule has 0 amide bonds. The Bertz CT molecular complexity index is 1250. The molecule has 0 bridgehead atoms.